The third-order valence-electron chi connectivity index (χ3n) is 3.88. The standard InChI is InChI=1S/C19H13F2NO5/c20-12-2-1-3-13(21)19(12)16-9-22-17(27-16)6-7-18(23)26-11-4-5-14-15(8-11)25-10-24-14/h1-5,8-9H,6-7,10H2. The first-order chi connectivity index (χ1) is 13.1. The van der Waals surface area contributed by atoms with E-state index in [2.05, 4.69) is 4.98 Å². The Morgan fingerprint density at radius 3 is 2.70 bits per heavy atom. The molecule has 0 saturated heterocycles. The lowest BCUT2D eigenvalue weighted by Gasteiger charge is -2.04. The van der Waals surface area contributed by atoms with Gasteiger partial charge < -0.3 is 18.6 Å². The Morgan fingerprint density at radius 1 is 1.11 bits per heavy atom. The molecule has 1 aliphatic rings. The van der Waals surface area contributed by atoms with Crippen molar-refractivity contribution in [3.8, 4) is 28.6 Å². The molecule has 0 spiro atoms. The Labute approximate surface area is 152 Å². The van der Waals surface area contributed by atoms with Crippen LogP contribution in [0.25, 0.3) is 11.3 Å². The smallest absolute Gasteiger partial charge is 0.311 e. The predicted molar refractivity (Wildman–Crippen MR) is 88.4 cm³/mol. The van der Waals surface area contributed by atoms with Gasteiger partial charge in [-0.25, -0.2) is 13.8 Å². The van der Waals surface area contributed by atoms with Gasteiger partial charge in [-0.1, -0.05) is 6.07 Å². The van der Waals surface area contributed by atoms with Crippen LogP contribution in [0.3, 0.4) is 0 Å². The minimum atomic E-state index is -0.750. The number of halogens is 2. The molecule has 8 heteroatoms. The summed E-state index contributed by atoms with van der Waals surface area (Å²) in [5.41, 5.74) is -0.292. The van der Waals surface area contributed by atoms with Crippen LogP contribution in [0, 0.1) is 11.6 Å². The van der Waals surface area contributed by atoms with Crippen molar-refractivity contribution in [2.45, 2.75) is 12.8 Å². The largest absolute Gasteiger partial charge is 0.454 e. The number of hydrogen-bond acceptors (Lipinski definition) is 6. The quantitative estimate of drug-likeness (QED) is 0.499. The number of ether oxygens (including phenoxy) is 3. The molecule has 0 radical (unpaired) electrons. The molecule has 0 amide bonds. The molecule has 0 saturated carbocycles. The molecule has 2 heterocycles. The maximum absolute atomic E-state index is 13.8. The summed E-state index contributed by atoms with van der Waals surface area (Å²) in [6.07, 6.45) is 1.33. The number of fused-ring (bicyclic) bond motifs is 1. The number of carbonyl (C=O) groups is 1. The van der Waals surface area contributed by atoms with Gasteiger partial charge in [0.25, 0.3) is 0 Å². The first-order valence-corrected chi connectivity index (χ1v) is 8.09. The van der Waals surface area contributed by atoms with Crippen molar-refractivity contribution in [3.63, 3.8) is 0 Å². The third kappa shape index (κ3) is 3.59. The van der Waals surface area contributed by atoms with E-state index in [1.165, 1.54) is 12.3 Å². The fraction of sp³-hybridized carbons (Fsp3) is 0.158. The van der Waals surface area contributed by atoms with E-state index in [0.717, 1.165) is 12.1 Å². The number of rotatable bonds is 5. The topological polar surface area (TPSA) is 70.8 Å². The summed E-state index contributed by atoms with van der Waals surface area (Å²) in [5.74, 6) is -0.455. The number of aromatic nitrogens is 1. The number of carbonyl (C=O) groups excluding carboxylic acids is 1. The Kier molecular flexibility index (Phi) is 4.45. The van der Waals surface area contributed by atoms with E-state index >= 15 is 0 Å². The van der Waals surface area contributed by atoms with Gasteiger partial charge in [-0.05, 0) is 24.3 Å². The molecule has 0 atom stereocenters. The van der Waals surface area contributed by atoms with Gasteiger partial charge in [-0.15, -0.1) is 0 Å². The van der Waals surface area contributed by atoms with Crippen molar-refractivity contribution in [2.24, 2.45) is 0 Å². The maximum Gasteiger partial charge on any atom is 0.311 e. The SMILES string of the molecule is O=C(CCc1ncc(-c2c(F)cccc2F)o1)Oc1ccc2c(c1)OCO2. The van der Waals surface area contributed by atoms with Gasteiger partial charge in [0, 0.05) is 12.5 Å². The molecule has 2 aromatic carbocycles. The third-order valence-corrected chi connectivity index (χ3v) is 3.88. The molecular weight excluding hydrogens is 360 g/mol. The van der Waals surface area contributed by atoms with Crippen LogP contribution in [-0.4, -0.2) is 17.7 Å². The van der Waals surface area contributed by atoms with E-state index < -0.39 is 17.6 Å². The zero-order valence-corrected chi connectivity index (χ0v) is 13.9. The lowest BCUT2D eigenvalue weighted by atomic mass is 10.1. The highest BCUT2D eigenvalue weighted by atomic mass is 19.1. The van der Waals surface area contributed by atoms with E-state index in [1.54, 1.807) is 18.2 Å². The fourth-order valence-electron chi connectivity index (χ4n) is 2.61. The van der Waals surface area contributed by atoms with E-state index in [1.807, 2.05) is 0 Å². The van der Waals surface area contributed by atoms with E-state index in [-0.39, 0.29) is 36.8 Å². The Balaban J connectivity index is 1.38. The van der Waals surface area contributed by atoms with Crippen molar-refractivity contribution in [1.82, 2.24) is 4.98 Å². The molecule has 1 aliphatic heterocycles. The van der Waals surface area contributed by atoms with Gasteiger partial charge >= 0.3 is 5.97 Å². The second-order valence-corrected chi connectivity index (χ2v) is 5.70. The molecule has 3 aromatic rings. The zero-order valence-electron chi connectivity index (χ0n) is 13.9. The van der Waals surface area contributed by atoms with Gasteiger partial charge in [0.15, 0.2) is 23.1 Å². The number of hydrogen-bond donors (Lipinski definition) is 0. The van der Waals surface area contributed by atoms with Gasteiger partial charge in [0.2, 0.25) is 6.79 Å². The summed E-state index contributed by atoms with van der Waals surface area (Å²) in [6, 6.07) is 8.32. The monoisotopic (exact) mass is 373 g/mol. The summed E-state index contributed by atoms with van der Waals surface area (Å²) in [4.78, 5) is 15.9. The van der Waals surface area contributed by atoms with Gasteiger partial charge in [-0.2, -0.15) is 0 Å². The second kappa shape index (κ2) is 7.06. The molecule has 0 N–H and O–H groups in total. The highest BCUT2D eigenvalue weighted by Crippen LogP contribution is 2.35. The van der Waals surface area contributed by atoms with Crippen LogP contribution < -0.4 is 14.2 Å². The number of nitrogens with zero attached hydrogens (tertiary/aromatic N) is 1. The maximum atomic E-state index is 13.8. The van der Waals surface area contributed by atoms with Crippen LogP contribution >= 0.6 is 0 Å². The minimum Gasteiger partial charge on any atom is -0.454 e. The average molecular weight is 373 g/mol. The molecule has 0 bridgehead atoms. The summed E-state index contributed by atoms with van der Waals surface area (Å²) in [7, 11) is 0. The molecular formula is C19H13F2NO5. The lowest BCUT2D eigenvalue weighted by molar-refractivity contribution is -0.134. The lowest BCUT2D eigenvalue weighted by Crippen LogP contribution is -2.09. The molecule has 27 heavy (non-hydrogen) atoms. The summed E-state index contributed by atoms with van der Waals surface area (Å²) in [6.45, 7) is 0.127. The molecule has 6 nitrogen and oxygen atoms in total. The minimum absolute atomic E-state index is 0.0197. The Bertz CT molecular complexity index is 981. The molecule has 0 aliphatic carbocycles. The molecule has 138 valence electrons. The first kappa shape index (κ1) is 17.0. The first-order valence-electron chi connectivity index (χ1n) is 8.09. The van der Waals surface area contributed by atoms with E-state index in [4.69, 9.17) is 18.6 Å². The zero-order chi connectivity index (χ0) is 18.8. The summed E-state index contributed by atoms with van der Waals surface area (Å²) < 4.78 is 48.5. The van der Waals surface area contributed by atoms with Gasteiger partial charge in [0.1, 0.15) is 17.4 Å². The predicted octanol–water partition coefficient (Wildman–Crippen LogP) is 3.89. The summed E-state index contributed by atoms with van der Waals surface area (Å²) in [5, 5.41) is 0. The molecule has 1 aromatic heterocycles. The van der Waals surface area contributed by atoms with Crippen LogP contribution in [0.15, 0.2) is 47.0 Å². The Hall–Kier alpha value is -3.42. The van der Waals surface area contributed by atoms with Crippen LogP contribution in [0.1, 0.15) is 12.3 Å². The number of esters is 1. The van der Waals surface area contributed by atoms with Crippen LogP contribution in [0.2, 0.25) is 0 Å². The van der Waals surface area contributed by atoms with Crippen LogP contribution in [-0.2, 0) is 11.2 Å². The van der Waals surface area contributed by atoms with Crippen molar-refractivity contribution >= 4 is 5.97 Å². The van der Waals surface area contributed by atoms with Crippen molar-refractivity contribution in [3.05, 3.63) is 60.1 Å². The molecule has 0 unspecified atom stereocenters. The normalized spacial score (nSPS) is 12.2. The van der Waals surface area contributed by atoms with Crippen LogP contribution in [0.5, 0.6) is 17.2 Å². The van der Waals surface area contributed by atoms with Gasteiger partial charge in [-0.3, -0.25) is 4.79 Å². The highest BCUT2D eigenvalue weighted by Gasteiger charge is 2.18. The van der Waals surface area contributed by atoms with E-state index in [0.29, 0.717) is 17.2 Å². The number of oxazole rings is 1. The number of aryl methyl sites for hydroxylation is 1. The second-order valence-electron chi connectivity index (χ2n) is 5.70. The van der Waals surface area contributed by atoms with Crippen molar-refractivity contribution in [1.29, 1.82) is 0 Å². The van der Waals surface area contributed by atoms with E-state index in [9.17, 15) is 13.6 Å². The summed E-state index contributed by atoms with van der Waals surface area (Å²) >= 11 is 0. The Morgan fingerprint density at radius 2 is 1.89 bits per heavy atom. The van der Waals surface area contributed by atoms with Crippen molar-refractivity contribution < 1.29 is 32.2 Å². The fourth-order valence-corrected chi connectivity index (χ4v) is 2.61. The van der Waals surface area contributed by atoms with Crippen LogP contribution in [0.4, 0.5) is 8.78 Å². The molecule has 0 fully saturated rings. The number of benzene rings is 2. The van der Waals surface area contributed by atoms with Gasteiger partial charge in [0.05, 0.1) is 18.2 Å². The molecule has 4 rings (SSSR count). The van der Waals surface area contributed by atoms with Crippen molar-refractivity contribution in [2.75, 3.05) is 6.79 Å². The average Bonchev–Trinajstić information content (AvgIpc) is 3.29. The highest BCUT2D eigenvalue weighted by molar-refractivity contribution is 5.73.